The van der Waals surface area contributed by atoms with E-state index in [1.165, 1.54) is 0 Å². The van der Waals surface area contributed by atoms with Crippen LogP contribution in [0.1, 0.15) is 26.2 Å². The predicted molar refractivity (Wildman–Crippen MR) is 114 cm³/mol. The van der Waals surface area contributed by atoms with Gasteiger partial charge in [0.25, 0.3) is 0 Å². The SMILES string of the molecule is CN[C@@H]1[C@@H](O)[C@H](O[C@H]2[C@H](O)[C@@H](O[C@H]3CC(CN)=CC[C@@H]3N)[C@H](N)C[C@H]2N)OC[C@]1(C)O. The first-order valence-corrected chi connectivity index (χ1v) is 10.9. The Hall–Kier alpha value is -0.700. The van der Waals surface area contributed by atoms with Gasteiger partial charge in [-0.3, -0.25) is 0 Å². The Kier molecular flexibility index (Phi) is 8.09. The molecule has 0 aromatic rings. The number of hydrogen-bond acceptors (Lipinski definition) is 11. The van der Waals surface area contributed by atoms with E-state index in [0.29, 0.717) is 25.8 Å². The first-order chi connectivity index (χ1) is 14.6. The van der Waals surface area contributed by atoms with Crippen molar-refractivity contribution in [2.24, 2.45) is 22.9 Å². The second-order valence-corrected chi connectivity index (χ2v) is 9.26. The van der Waals surface area contributed by atoms with Crippen LogP contribution in [0.3, 0.4) is 0 Å². The van der Waals surface area contributed by atoms with Gasteiger partial charge in [0.05, 0.1) is 18.8 Å². The monoisotopic (exact) mass is 445 g/mol. The van der Waals surface area contributed by atoms with Gasteiger partial charge in [0.15, 0.2) is 6.29 Å². The molecule has 1 saturated carbocycles. The highest BCUT2D eigenvalue weighted by Gasteiger charge is 2.50. The molecule has 0 bridgehead atoms. The third kappa shape index (κ3) is 5.28. The highest BCUT2D eigenvalue weighted by molar-refractivity contribution is 5.12. The van der Waals surface area contributed by atoms with Crippen molar-refractivity contribution in [3.8, 4) is 0 Å². The van der Waals surface area contributed by atoms with E-state index in [1.54, 1.807) is 14.0 Å². The van der Waals surface area contributed by atoms with E-state index >= 15 is 0 Å². The Morgan fingerprint density at radius 3 is 2.39 bits per heavy atom. The highest BCUT2D eigenvalue weighted by Crippen LogP contribution is 2.31. The minimum atomic E-state index is -1.28. The molecule has 0 amide bonds. The zero-order valence-corrected chi connectivity index (χ0v) is 18.3. The van der Waals surface area contributed by atoms with E-state index in [0.717, 1.165) is 5.57 Å². The third-order valence-electron chi connectivity index (χ3n) is 6.71. The van der Waals surface area contributed by atoms with Crippen LogP contribution in [0.15, 0.2) is 11.6 Å². The first kappa shape index (κ1) is 24.9. The van der Waals surface area contributed by atoms with Gasteiger partial charge < -0.3 is 57.8 Å². The molecule has 11 heteroatoms. The van der Waals surface area contributed by atoms with Gasteiger partial charge in [0.1, 0.15) is 30.0 Å². The Bertz CT molecular complexity index is 637. The van der Waals surface area contributed by atoms with Crippen molar-refractivity contribution in [3.63, 3.8) is 0 Å². The quantitative estimate of drug-likeness (QED) is 0.189. The molecule has 12 N–H and O–H groups in total. The van der Waals surface area contributed by atoms with Gasteiger partial charge >= 0.3 is 0 Å². The lowest BCUT2D eigenvalue weighted by atomic mass is 9.83. The molecule has 0 radical (unpaired) electrons. The largest absolute Gasteiger partial charge is 0.388 e. The fourth-order valence-corrected chi connectivity index (χ4v) is 4.82. The average Bonchev–Trinajstić information content (AvgIpc) is 2.71. The summed E-state index contributed by atoms with van der Waals surface area (Å²) < 4.78 is 17.7. The molecule has 1 saturated heterocycles. The van der Waals surface area contributed by atoms with Crippen LogP contribution in [-0.4, -0.2) is 102 Å². The Morgan fingerprint density at radius 1 is 1.13 bits per heavy atom. The van der Waals surface area contributed by atoms with E-state index in [9.17, 15) is 15.3 Å². The maximum absolute atomic E-state index is 11.1. The van der Waals surface area contributed by atoms with Crippen molar-refractivity contribution >= 4 is 0 Å². The number of ether oxygens (including phenoxy) is 3. The molecular formula is C20H39N5O6. The number of nitrogens with two attached hydrogens (primary N) is 4. The van der Waals surface area contributed by atoms with Crippen molar-refractivity contribution < 1.29 is 29.5 Å². The number of aliphatic hydroxyl groups is 3. The normalized spacial score (nSPS) is 49.0. The van der Waals surface area contributed by atoms with E-state index < -0.39 is 54.4 Å². The molecule has 0 aromatic carbocycles. The third-order valence-corrected chi connectivity index (χ3v) is 6.71. The molecule has 2 fully saturated rings. The molecule has 11 atom stereocenters. The number of hydrogen-bond donors (Lipinski definition) is 8. The number of aliphatic hydroxyl groups excluding tert-OH is 2. The van der Waals surface area contributed by atoms with Gasteiger partial charge in [0, 0.05) is 24.7 Å². The van der Waals surface area contributed by atoms with Crippen molar-refractivity contribution in [1.29, 1.82) is 0 Å². The zero-order chi connectivity index (χ0) is 22.9. The fraction of sp³-hybridized carbons (Fsp3) is 0.900. The van der Waals surface area contributed by atoms with Gasteiger partial charge in [-0.1, -0.05) is 11.6 Å². The lowest BCUT2D eigenvalue weighted by Gasteiger charge is -2.48. The standard InChI is InChI=1S/C20H39N5O6/c1-20(28)8-29-19(15(27)18(20)25-2)31-17-12(24)6-11(23)16(14(17)26)30-13-5-9(7-21)3-4-10(13)22/h3,10-19,25-28H,4-8,21-24H2,1-2H3/t10-,11+,12+,13-,14+,15+,16-,17+,18+,19-,20-/m0/s1. The summed E-state index contributed by atoms with van der Waals surface area (Å²) in [5, 5.41) is 35.0. The van der Waals surface area contributed by atoms with Crippen LogP contribution in [0.2, 0.25) is 0 Å². The van der Waals surface area contributed by atoms with Crippen LogP contribution >= 0.6 is 0 Å². The molecule has 11 nitrogen and oxygen atoms in total. The maximum atomic E-state index is 11.1. The van der Waals surface area contributed by atoms with Gasteiger partial charge in [-0.25, -0.2) is 0 Å². The second-order valence-electron chi connectivity index (χ2n) is 9.26. The van der Waals surface area contributed by atoms with Crippen LogP contribution < -0.4 is 28.3 Å². The Morgan fingerprint density at radius 2 is 1.77 bits per heavy atom. The fourth-order valence-electron chi connectivity index (χ4n) is 4.82. The van der Waals surface area contributed by atoms with Crippen LogP contribution in [0.5, 0.6) is 0 Å². The second kappa shape index (κ2) is 10.1. The summed E-state index contributed by atoms with van der Waals surface area (Å²) in [6, 6.07) is -2.01. The van der Waals surface area contributed by atoms with Crippen LogP contribution in [0, 0.1) is 0 Å². The summed E-state index contributed by atoms with van der Waals surface area (Å²) in [5.41, 5.74) is 24.3. The Balaban J connectivity index is 1.69. The van der Waals surface area contributed by atoms with Crippen molar-refractivity contribution in [1.82, 2.24) is 5.32 Å². The van der Waals surface area contributed by atoms with Crippen LogP contribution in [-0.2, 0) is 14.2 Å². The minimum absolute atomic E-state index is 0.0527. The summed E-state index contributed by atoms with van der Waals surface area (Å²) in [4.78, 5) is 0. The molecule has 0 unspecified atom stereocenters. The summed E-state index contributed by atoms with van der Waals surface area (Å²) >= 11 is 0. The van der Waals surface area contributed by atoms with Crippen molar-refractivity contribution in [2.75, 3.05) is 20.2 Å². The molecule has 2 aliphatic carbocycles. The molecule has 1 aliphatic heterocycles. The molecule has 0 spiro atoms. The topological polar surface area (TPSA) is 204 Å². The molecule has 0 aromatic heterocycles. The zero-order valence-electron chi connectivity index (χ0n) is 18.3. The summed E-state index contributed by atoms with van der Waals surface area (Å²) in [6.07, 6.45) is -1.77. The van der Waals surface area contributed by atoms with E-state index in [1.807, 2.05) is 6.08 Å². The van der Waals surface area contributed by atoms with Gasteiger partial charge in [-0.05, 0) is 33.2 Å². The molecular weight excluding hydrogens is 406 g/mol. The number of nitrogens with one attached hydrogen (secondary N) is 1. The van der Waals surface area contributed by atoms with Crippen LogP contribution in [0.4, 0.5) is 0 Å². The number of rotatable bonds is 6. The maximum Gasteiger partial charge on any atom is 0.185 e. The van der Waals surface area contributed by atoms with Crippen molar-refractivity contribution in [2.45, 2.75) is 92.8 Å². The lowest BCUT2D eigenvalue weighted by Crippen LogP contribution is -2.68. The van der Waals surface area contributed by atoms with Crippen LogP contribution in [0.25, 0.3) is 0 Å². The summed E-state index contributed by atoms with van der Waals surface area (Å²) in [5.74, 6) is 0. The molecule has 31 heavy (non-hydrogen) atoms. The van der Waals surface area contributed by atoms with Gasteiger partial charge in [-0.15, -0.1) is 0 Å². The summed E-state index contributed by atoms with van der Waals surface area (Å²) in [7, 11) is 1.63. The lowest BCUT2D eigenvalue weighted by molar-refractivity contribution is -0.299. The highest BCUT2D eigenvalue weighted by atomic mass is 16.7. The van der Waals surface area contributed by atoms with E-state index in [2.05, 4.69) is 5.32 Å². The molecule has 3 aliphatic rings. The molecule has 3 rings (SSSR count). The minimum Gasteiger partial charge on any atom is -0.388 e. The van der Waals surface area contributed by atoms with E-state index in [-0.39, 0.29) is 18.8 Å². The average molecular weight is 446 g/mol. The number of likely N-dealkylation sites (N-methyl/N-ethyl adjacent to an activating group) is 1. The summed E-state index contributed by atoms with van der Waals surface area (Å²) in [6.45, 7) is 1.94. The van der Waals surface area contributed by atoms with E-state index in [4.69, 9.17) is 37.1 Å². The molecule has 180 valence electrons. The van der Waals surface area contributed by atoms with Gasteiger partial charge in [0.2, 0.25) is 0 Å². The molecule has 1 heterocycles. The Labute approximate surface area is 183 Å². The smallest absolute Gasteiger partial charge is 0.185 e. The van der Waals surface area contributed by atoms with Gasteiger partial charge in [-0.2, -0.15) is 0 Å². The van der Waals surface area contributed by atoms with Crippen molar-refractivity contribution in [3.05, 3.63) is 11.6 Å². The first-order valence-electron chi connectivity index (χ1n) is 10.9. The predicted octanol–water partition coefficient (Wildman–Crippen LogP) is -3.39.